The van der Waals surface area contributed by atoms with Crippen LogP contribution in [0.15, 0.2) is 12.1 Å². The lowest BCUT2D eigenvalue weighted by Gasteiger charge is -2.16. The van der Waals surface area contributed by atoms with Crippen molar-refractivity contribution < 1.29 is 14.3 Å². The number of carbonyl (C=O) groups excluding carboxylic acids is 2. The minimum Gasteiger partial charge on any atom is -0.479 e. The van der Waals surface area contributed by atoms with Gasteiger partial charge in [-0.3, -0.25) is 9.59 Å². The summed E-state index contributed by atoms with van der Waals surface area (Å²) in [6, 6.07) is 2.83. The molecule has 0 aliphatic heterocycles. The molecule has 1 rings (SSSR count). The Morgan fingerprint density at radius 2 is 2.26 bits per heavy atom. The normalized spacial score (nSPS) is 11.3. The third-order valence-corrected chi connectivity index (χ3v) is 2.69. The van der Waals surface area contributed by atoms with E-state index in [4.69, 9.17) is 34.4 Å². The van der Waals surface area contributed by atoms with Crippen LogP contribution in [-0.2, 0) is 4.79 Å². The highest BCUT2D eigenvalue weighted by Crippen LogP contribution is 2.32. The number of rotatable bonds is 5. The first-order valence-corrected chi connectivity index (χ1v) is 6.07. The smallest absolute Gasteiger partial charge is 0.261 e. The molecule has 1 N–H and O–H groups in total. The van der Waals surface area contributed by atoms with Crippen molar-refractivity contribution in [3.05, 3.63) is 27.7 Å². The highest BCUT2D eigenvalue weighted by atomic mass is 35.5. The molecule has 1 atom stereocenters. The van der Waals surface area contributed by atoms with E-state index in [9.17, 15) is 9.59 Å². The molecule has 0 spiro atoms. The van der Waals surface area contributed by atoms with E-state index in [1.807, 2.05) is 0 Å². The number of ether oxygens (including phenoxy) is 1. The standard InChI is InChI=1S/C13H11Cl2NO3/c1-3-4-16-13(18)8(2)19-12-9(7-17)5-10(14)6-11(12)15/h1,5-8H,4H2,2H3,(H,16,18). The third-order valence-electron chi connectivity index (χ3n) is 2.19. The van der Waals surface area contributed by atoms with Crippen LogP contribution in [0, 0.1) is 12.3 Å². The van der Waals surface area contributed by atoms with Gasteiger partial charge in [0.2, 0.25) is 0 Å². The van der Waals surface area contributed by atoms with Crippen LogP contribution < -0.4 is 10.1 Å². The molecule has 100 valence electrons. The van der Waals surface area contributed by atoms with Crippen LogP contribution in [0.5, 0.6) is 5.75 Å². The van der Waals surface area contributed by atoms with E-state index in [1.54, 1.807) is 0 Å². The van der Waals surface area contributed by atoms with Crippen LogP contribution in [-0.4, -0.2) is 24.8 Å². The third kappa shape index (κ3) is 4.16. The van der Waals surface area contributed by atoms with Gasteiger partial charge in [0.05, 0.1) is 17.1 Å². The van der Waals surface area contributed by atoms with Crippen molar-refractivity contribution >= 4 is 35.4 Å². The first-order chi connectivity index (χ1) is 8.99. The molecule has 0 bridgehead atoms. The quantitative estimate of drug-likeness (QED) is 0.670. The summed E-state index contributed by atoms with van der Waals surface area (Å²) in [6.45, 7) is 1.62. The first kappa shape index (κ1) is 15.4. The van der Waals surface area contributed by atoms with Crippen molar-refractivity contribution in [1.29, 1.82) is 0 Å². The monoisotopic (exact) mass is 299 g/mol. The number of terminal acetylenes is 1. The molecule has 1 amide bonds. The van der Waals surface area contributed by atoms with Gasteiger partial charge in [-0.15, -0.1) is 6.42 Å². The van der Waals surface area contributed by atoms with Crippen LogP contribution in [0.4, 0.5) is 0 Å². The van der Waals surface area contributed by atoms with Crippen LogP contribution >= 0.6 is 23.2 Å². The second kappa shape index (κ2) is 7.03. The number of carbonyl (C=O) groups is 2. The lowest BCUT2D eigenvalue weighted by atomic mass is 10.2. The summed E-state index contributed by atoms with van der Waals surface area (Å²) < 4.78 is 5.38. The summed E-state index contributed by atoms with van der Waals surface area (Å²) >= 11 is 11.7. The highest BCUT2D eigenvalue weighted by Gasteiger charge is 2.18. The number of amides is 1. The van der Waals surface area contributed by atoms with E-state index in [0.29, 0.717) is 11.3 Å². The van der Waals surface area contributed by atoms with Crippen LogP contribution in [0.3, 0.4) is 0 Å². The predicted molar refractivity (Wildman–Crippen MR) is 73.8 cm³/mol. The molecule has 6 heteroatoms. The molecule has 0 heterocycles. The van der Waals surface area contributed by atoms with Gasteiger partial charge in [-0.1, -0.05) is 29.1 Å². The predicted octanol–water partition coefficient (Wildman–Crippen LogP) is 2.32. The van der Waals surface area contributed by atoms with Gasteiger partial charge in [0.1, 0.15) is 5.75 Å². The summed E-state index contributed by atoms with van der Waals surface area (Å²) in [6.07, 6.45) is 4.74. The van der Waals surface area contributed by atoms with E-state index in [-0.39, 0.29) is 22.9 Å². The van der Waals surface area contributed by atoms with Crippen molar-refractivity contribution in [3.63, 3.8) is 0 Å². The Morgan fingerprint density at radius 3 is 2.84 bits per heavy atom. The molecule has 0 aromatic heterocycles. The number of aldehydes is 1. The largest absolute Gasteiger partial charge is 0.479 e. The second-order valence-corrected chi connectivity index (χ2v) is 4.45. The number of hydrogen-bond acceptors (Lipinski definition) is 3. The molecule has 0 aliphatic rings. The van der Waals surface area contributed by atoms with Crippen molar-refractivity contribution in [2.75, 3.05) is 6.54 Å². The second-order valence-electron chi connectivity index (χ2n) is 3.61. The number of hydrogen-bond donors (Lipinski definition) is 1. The average molecular weight is 300 g/mol. The average Bonchev–Trinajstić information content (AvgIpc) is 2.38. The van der Waals surface area contributed by atoms with Crippen LogP contribution in [0.2, 0.25) is 10.0 Å². The van der Waals surface area contributed by atoms with Crippen molar-refractivity contribution in [1.82, 2.24) is 5.32 Å². The number of nitrogens with one attached hydrogen (secondary N) is 1. The summed E-state index contributed by atoms with van der Waals surface area (Å²) in [7, 11) is 0. The van der Waals surface area contributed by atoms with Gasteiger partial charge in [0.15, 0.2) is 12.4 Å². The zero-order valence-electron chi connectivity index (χ0n) is 10.1. The van der Waals surface area contributed by atoms with Crippen LogP contribution in [0.25, 0.3) is 0 Å². The van der Waals surface area contributed by atoms with Crippen molar-refractivity contribution in [2.45, 2.75) is 13.0 Å². The van der Waals surface area contributed by atoms with Gasteiger partial charge in [0.25, 0.3) is 5.91 Å². The molecule has 0 saturated carbocycles. The van der Waals surface area contributed by atoms with E-state index >= 15 is 0 Å². The fourth-order valence-electron chi connectivity index (χ4n) is 1.30. The molecular formula is C13H11Cl2NO3. The zero-order valence-corrected chi connectivity index (χ0v) is 11.6. The Morgan fingerprint density at radius 1 is 1.58 bits per heavy atom. The molecule has 4 nitrogen and oxygen atoms in total. The maximum absolute atomic E-state index is 11.6. The molecule has 1 aromatic carbocycles. The Kier molecular flexibility index (Phi) is 5.68. The van der Waals surface area contributed by atoms with E-state index in [1.165, 1.54) is 19.1 Å². The van der Waals surface area contributed by atoms with Gasteiger partial charge in [-0.05, 0) is 19.1 Å². The fraction of sp³-hybridized carbons (Fsp3) is 0.231. The van der Waals surface area contributed by atoms with Crippen molar-refractivity contribution in [2.24, 2.45) is 0 Å². The van der Waals surface area contributed by atoms with E-state index < -0.39 is 12.0 Å². The first-order valence-electron chi connectivity index (χ1n) is 5.31. The highest BCUT2D eigenvalue weighted by molar-refractivity contribution is 6.36. The maximum atomic E-state index is 11.6. The summed E-state index contributed by atoms with van der Waals surface area (Å²) in [5.41, 5.74) is 0.175. The summed E-state index contributed by atoms with van der Waals surface area (Å²) in [5.74, 6) is 1.98. The fourth-order valence-corrected chi connectivity index (χ4v) is 1.86. The molecule has 19 heavy (non-hydrogen) atoms. The molecule has 1 unspecified atom stereocenters. The number of benzene rings is 1. The van der Waals surface area contributed by atoms with Gasteiger partial charge < -0.3 is 10.1 Å². The Hall–Kier alpha value is -1.70. The molecule has 1 aromatic rings. The molecule has 0 aliphatic carbocycles. The Balaban J connectivity index is 2.90. The molecule has 0 fully saturated rings. The van der Waals surface area contributed by atoms with E-state index in [0.717, 1.165) is 0 Å². The van der Waals surface area contributed by atoms with Gasteiger partial charge >= 0.3 is 0 Å². The topological polar surface area (TPSA) is 55.4 Å². The molecular weight excluding hydrogens is 289 g/mol. The summed E-state index contributed by atoms with van der Waals surface area (Å²) in [4.78, 5) is 22.5. The van der Waals surface area contributed by atoms with Crippen LogP contribution in [0.1, 0.15) is 17.3 Å². The minimum absolute atomic E-state index is 0.0986. The van der Waals surface area contributed by atoms with Gasteiger partial charge in [0, 0.05) is 5.02 Å². The maximum Gasteiger partial charge on any atom is 0.261 e. The summed E-state index contributed by atoms with van der Waals surface area (Å²) in [5, 5.41) is 2.93. The SMILES string of the molecule is C#CCNC(=O)C(C)Oc1c(Cl)cc(Cl)cc1C=O. The van der Waals surface area contributed by atoms with E-state index in [2.05, 4.69) is 11.2 Å². The zero-order chi connectivity index (χ0) is 14.4. The lowest BCUT2D eigenvalue weighted by molar-refractivity contribution is -0.127. The van der Waals surface area contributed by atoms with Crippen molar-refractivity contribution in [3.8, 4) is 18.1 Å². The van der Waals surface area contributed by atoms with Gasteiger partial charge in [-0.25, -0.2) is 0 Å². The minimum atomic E-state index is -0.842. The lowest BCUT2D eigenvalue weighted by Crippen LogP contribution is -2.36. The molecule has 0 saturated heterocycles. The molecule has 0 radical (unpaired) electrons. The van der Waals surface area contributed by atoms with Gasteiger partial charge in [-0.2, -0.15) is 0 Å². The Bertz CT molecular complexity index is 537. The Labute approximate surface area is 121 Å². The number of halogens is 2.